The first kappa shape index (κ1) is 13.1. The highest BCUT2D eigenvalue weighted by Crippen LogP contribution is 2.10. The van der Waals surface area contributed by atoms with Crippen molar-refractivity contribution in [2.24, 2.45) is 10.7 Å². The zero-order valence-electron chi connectivity index (χ0n) is 10.7. The normalized spacial score (nSPS) is 10.9. The molecule has 0 saturated heterocycles. The van der Waals surface area contributed by atoms with Gasteiger partial charge in [-0.15, -0.1) is 0 Å². The largest absolute Gasteiger partial charge is 0.382 e. The maximum Gasteiger partial charge on any atom is 0.160 e. The summed E-state index contributed by atoms with van der Waals surface area (Å²) in [5, 5.41) is 1.01. The van der Waals surface area contributed by atoms with E-state index in [2.05, 4.69) is 15.0 Å². The summed E-state index contributed by atoms with van der Waals surface area (Å²) in [6, 6.07) is 7.75. The highest BCUT2D eigenvalue weighted by Gasteiger charge is 2.02. The molecule has 0 aromatic carbocycles. The fourth-order valence-electron chi connectivity index (χ4n) is 1.35. The second kappa shape index (κ2) is 5.94. The lowest BCUT2D eigenvalue weighted by atomic mass is 10.2. The van der Waals surface area contributed by atoms with Crippen LogP contribution in [0.5, 0.6) is 0 Å². The van der Waals surface area contributed by atoms with Crippen LogP contribution in [0, 0.1) is 6.92 Å². The van der Waals surface area contributed by atoms with Crippen molar-refractivity contribution in [2.45, 2.75) is 20.8 Å². The maximum absolute atomic E-state index is 5.68. The van der Waals surface area contributed by atoms with Gasteiger partial charge < -0.3 is 5.73 Å². The molecule has 17 heavy (non-hydrogen) atoms. The van der Waals surface area contributed by atoms with Crippen LogP contribution in [0.4, 0.5) is 0 Å². The van der Waals surface area contributed by atoms with Crippen LogP contribution in [0.15, 0.2) is 29.3 Å². The molecular formula is C13H18N4. The van der Waals surface area contributed by atoms with Gasteiger partial charge in [0.25, 0.3) is 0 Å². The van der Waals surface area contributed by atoms with E-state index in [1.165, 1.54) is 0 Å². The molecule has 0 radical (unpaired) electrons. The van der Waals surface area contributed by atoms with E-state index in [-0.39, 0.29) is 0 Å². The van der Waals surface area contributed by atoms with Gasteiger partial charge in [-0.3, -0.25) is 4.99 Å². The van der Waals surface area contributed by atoms with Crippen molar-refractivity contribution >= 4 is 16.9 Å². The van der Waals surface area contributed by atoms with Crippen molar-refractivity contribution in [1.82, 2.24) is 9.97 Å². The predicted octanol–water partition coefficient (Wildman–Crippen LogP) is 2.30. The van der Waals surface area contributed by atoms with Gasteiger partial charge in [-0.2, -0.15) is 0 Å². The molecule has 90 valence electrons. The summed E-state index contributed by atoms with van der Waals surface area (Å²) in [6.07, 6.45) is 0. The van der Waals surface area contributed by atoms with Crippen LogP contribution in [-0.2, 0) is 0 Å². The predicted molar refractivity (Wildman–Crippen MR) is 72.3 cm³/mol. The number of hydrogen-bond acceptors (Lipinski definition) is 3. The quantitative estimate of drug-likeness (QED) is 0.604. The third kappa shape index (κ3) is 3.00. The van der Waals surface area contributed by atoms with Gasteiger partial charge in [-0.05, 0) is 31.2 Å². The highest BCUT2D eigenvalue weighted by atomic mass is 14.9. The summed E-state index contributed by atoms with van der Waals surface area (Å²) in [7, 11) is 1.64. The number of nitrogens with zero attached hydrogens (tertiary/aromatic N) is 3. The summed E-state index contributed by atoms with van der Waals surface area (Å²) in [6.45, 7) is 5.94. The van der Waals surface area contributed by atoms with E-state index in [1.54, 1.807) is 7.05 Å². The summed E-state index contributed by atoms with van der Waals surface area (Å²) >= 11 is 0. The van der Waals surface area contributed by atoms with Crippen molar-refractivity contribution < 1.29 is 0 Å². The molecule has 0 bridgehead atoms. The van der Waals surface area contributed by atoms with Crippen molar-refractivity contribution in [3.05, 3.63) is 35.7 Å². The first-order chi connectivity index (χ1) is 8.20. The van der Waals surface area contributed by atoms with E-state index < -0.39 is 0 Å². The summed E-state index contributed by atoms with van der Waals surface area (Å²) in [4.78, 5) is 12.6. The summed E-state index contributed by atoms with van der Waals surface area (Å²) in [5.41, 5.74) is 8.00. The third-order valence-electron chi connectivity index (χ3n) is 2.19. The van der Waals surface area contributed by atoms with E-state index in [1.807, 2.05) is 45.0 Å². The highest BCUT2D eigenvalue weighted by molar-refractivity contribution is 5.97. The zero-order chi connectivity index (χ0) is 12.8. The van der Waals surface area contributed by atoms with E-state index >= 15 is 0 Å². The van der Waals surface area contributed by atoms with E-state index in [4.69, 9.17) is 5.73 Å². The Hall–Kier alpha value is -1.97. The molecular weight excluding hydrogens is 212 g/mol. The molecule has 0 aliphatic rings. The van der Waals surface area contributed by atoms with Crippen molar-refractivity contribution in [2.75, 3.05) is 7.05 Å². The van der Waals surface area contributed by atoms with E-state index in [0.29, 0.717) is 17.2 Å². The number of rotatable bonds is 1. The fourth-order valence-corrected chi connectivity index (χ4v) is 1.35. The van der Waals surface area contributed by atoms with Gasteiger partial charge in [0.15, 0.2) is 5.65 Å². The second-order valence-electron chi connectivity index (χ2n) is 3.30. The number of aromatic nitrogens is 2. The molecule has 0 amide bonds. The number of hydrogen-bond donors (Lipinski definition) is 1. The van der Waals surface area contributed by atoms with Crippen molar-refractivity contribution in [3.63, 3.8) is 0 Å². The van der Waals surface area contributed by atoms with E-state index in [0.717, 1.165) is 11.1 Å². The van der Waals surface area contributed by atoms with Gasteiger partial charge in [-0.25, -0.2) is 9.97 Å². The second-order valence-corrected chi connectivity index (χ2v) is 3.30. The zero-order valence-corrected chi connectivity index (χ0v) is 10.7. The number of fused-ring (bicyclic) bond motifs is 1. The van der Waals surface area contributed by atoms with Crippen LogP contribution in [0.25, 0.3) is 11.0 Å². The van der Waals surface area contributed by atoms with E-state index in [9.17, 15) is 0 Å². The fraction of sp³-hybridized carbons (Fsp3) is 0.308. The monoisotopic (exact) mass is 230 g/mol. The molecule has 2 N–H and O–H groups in total. The number of pyridine rings is 2. The topological polar surface area (TPSA) is 64.2 Å². The van der Waals surface area contributed by atoms with Gasteiger partial charge in [0.2, 0.25) is 0 Å². The van der Waals surface area contributed by atoms with Crippen LogP contribution in [0.1, 0.15) is 25.2 Å². The molecule has 2 aromatic rings. The Bertz CT molecular complexity index is 532. The first-order valence-electron chi connectivity index (χ1n) is 5.68. The molecule has 2 heterocycles. The Morgan fingerprint density at radius 3 is 2.41 bits per heavy atom. The van der Waals surface area contributed by atoms with Crippen molar-refractivity contribution in [1.29, 1.82) is 0 Å². The molecule has 2 rings (SSSR count). The van der Waals surface area contributed by atoms with Gasteiger partial charge in [0, 0.05) is 18.1 Å². The molecule has 0 fully saturated rings. The smallest absolute Gasteiger partial charge is 0.160 e. The van der Waals surface area contributed by atoms with Gasteiger partial charge in [0.05, 0.1) is 0 Å². The van der Waals surface area contributed by atoms with Crippen LogP contribution in [-0.4, -0.2) is 22.9 Å². The minimum atomic E-state index is 0.431. The molecule has 0 spiro atoms. The Labute approximate surface area is 102 Å². The standard InChI is InChI=1S/C11H12N4.C2H6/c1-7-3-4-8-5-6-9(10(12)13-2)15-11(8)14-7;1-2/h3-6H,1-2H3,(H2,12,13);1-2H3. The minimum absolute atomic E-state index is 0.431. The lowest BCUT2D eigenvalue weighted by molar-refractivity contribution is 1.19. The molecule has 4 nitrogen and oxygen atoms in total. The maximum atomic E-state index is 5.68. The van der Waals surface area contributed by atoms with Gasteiger partial charge >= 0.3 is 0 Å². The average molecular weight is 230 g/mol. The van der Waals surface area contributed by atoms with Crippen LogP contribution in [0.3, 0.4) is 0 Å². The first-order valence-corrected chi connectivity index (χ1v) is 5.68. The van der Waals surface area contributed by atoms with Gasteiger partial charge in [0.1, 0.15) is 11.5 Å². The molecule has 0 atom stereocenters. The van der Waals surface area contributed by atoms with Crippen LogP contribution < -0.4 is 5.73 Å². The molecule has 2 aromatic heterocycles. The molecule has 0 unspecified atom stereocenters. The van der Waals surface area contributed by atoms with Gasteiger partial charge in [-0.1, -0.05) is 13.8 Å². The Morgan fingerprint density at radius 2 is 1.76 bits per heavy atom. The third-order valence-corrected chi connectivity index (χ3v) is 2.19. The SMILES string of the molecule is CC.CN=C(N)c1ccc2ccc(C)nc2n1. The Balaban J connectivity index is 0.000000686. The average Bonchev–Trinajstić information content (AvgIpc) is 2.39. The molecule has 4 heteroatoms. The number of amidine groups is 1. The lowest BCUT2D eigenvalue weighted by Crippen LogP contribution is -2.14. The molecule has 0 aliphatic carbocycles. The lowest BCUT2D eigenvalue weighted by Gasteiger charge is -2.01. The summed E-state index contributed by atoms with van der Waals surface area (Å²) < 4.78 is 0. The molecule has 0 aliphatic heterocycles. The Kier molecular flexibility index (Phi) is 4.57. The van der Waals surface area contributed by atoms with Crippen LogP contribution in [0.2, 0.25) is 0 Å². The van der Waals surface area contributed by atoms with Crippen LogP contribution >= 0.6 is 0 Å². The Morgan fingerprint density at radius 1 is 1.12 bits per heavy atom. The number of aryl methyl sites for hydroxylation is 1. The molecule has 0 saturated carbocycles. The number of nitrogens with two attached hydrogens (primary N) is 1. The minimum Gasteiger partial charge on any atom is -0.382 e. The number of aliphatic imine (C=N–C) groups is 1. The summed E-state index contributed by atoms with van der Waals surface area (Å²) in [5.74, 6) is 0.431. The van der Waals surface area contributed by atoms with Crippen molar-refractivity contribution in [3.8, 4) is 0 Å².